The van der Waals surface area contributed by atoms with Crippen molar-refractivity contribution in [1.29, 1.82) is 0 Å². The van der Waals surface area contributed by atoms with Crippen molar-refractivity contribution in [2.75, 3.05) is 6.54 Å². The van der Waals surface area contributed by atoms with Crippen molar-refractivity contribution < 1.29 is 4.79 Å². The number of rotatable bonds is 3. The minimum atomic E-state index is 0.154. The number of carbonyl (C=O) groups is 1. The van der Waals surface area contributed by atoms with Crippen molar-refractivity contribution >= 4 is 17.2 Å². The van der Waals surface area contributed by atoms with E-state index in [1.807, 2.05) is 18.4 Å². The van der Waals surface area contributed by atoms with Gasteiger partial charge in [0.1, 0.15) is 0 Å². The Morgan fingerprint density at radius 2 is 1.81 bits per heavy atom. The topological polar surface area (TPSA) is 20.3 Å². The summed E-state index contributed by atoms with van der Waals surface area (Å²) >= 11 is 1.55. The third-order valence-electron chi connectivity index (χ3n) is 5.25. The highest BCUT2D eigenvalue weighted by Gasteiger charge is 2.32. The summed E-state index contributed by atoms with van der Waals surface area (Å²) < 4.78 is 0. The molecule has 0 aliphatic carbocycles. The van der Waals surface area contributed by atoms with Crippen molar-refractivity contribution in [3.63, 3.8) is 0 Å². The molecule has 132 valence electrons. The van der Waals surface area contributed by atoms with Crippen LogP contribution in [0.1, 0.15) is 45.2 Å². The van der Waals surface area contributed by atoms with Crippen LogP contribution in [0, 0.1) is 13.8 Å². The van der Waals surface area contributed by atoms with E-state index in [9.17, 15) is 4.79 Å². The molecule has 1 saturated heterocycles. The molecular formula is C23H23NOS. The second-order valence-electron chi connectivity index (χ2n) is 7.04. The standard InChI is InChI=1S/C23H23NOS/c1-16-9-11-18(12-10-16)19-6-3-4-7-20(19)21-8-5-14-24(21)23(25)22-17(2)13-15-26-22/h3-4,6-7,9-13,15,21H,5,8,14H2,1-2H3/t21-/m0/s1. The summed E-state index contributed by atoms with van der Waals surface area (Å²) in [6.07, 6.45) is 2.09. The van der Waals surface area contributed by atoms with Gasteiger partial charge < -0.3 is 4.90 Å². The van der Waals surface area contributed by atoms with Crippen LogP contribution < -0.4 is 0 Å². The lowest BCUT2D eigenvalue weighted by Crippen LogP contribution is -2.30. The second-order valence-corrected chi connectivity index (χ2v) is 7.96. The van der Waals surface area contributed by atoms with Crippen LogP contribution in [0.4, 0.5) is 0 Å². The van der Waals surface area contributed by atoms with Gasteiger partial charge in [0.25, 0.3) is 5.91 Å². The van der Waals surface area contributed by atoms with Crippen molar-refractivity contribution in [1.82, 2.24) is 4.90 Å². The average molecular weight is 362 g/mol. The maximum atomic E-state index is 13.1. The van der Waals surface area contributed by atoms with Crippen LogP contribution in [0.2, 0.25) is 0 Å². The van der Waals surface area contributed by atoms with E-state index in [-0.39, 0.29) is 11.9 Å². The van der Waals surface area contributed by atoms with E-state index < -0.39 is 0 Å². The molecule has 0 spiro atoms. The maximum absolute atomic E-state index is 13.1. The second kappa shape index (κ2) is 7.08. The molecule has 0 bridgehead atoms. The third kappa shape index (κ3) is 3.08. The molecule has 3 heteroatoms. The van der Waals surface area contributed by atoms with E-state index >= 15 is 0 Å². The molecule has 2 nitrogen and oxygen atoms in total. The first-order chi connectivity index (χ1) is 12.6. The number of thiophene rings is 1. The highest BCUT2D eigenvalue weighted by atomic mass is 32.1. The number of aryl methyl sites for hydroxylation is 2. The minimum absolute atomic E-state index is 0.154. The average Bonchev–Trinajstić information content (AvgIpc) is 3.31. The lowest BCUT2D eigenvalue weighted by molar-refractivity contribution is 0.0740. The van der Waals surface area contributed by atoms with E-state index in [1.54, 1.807) is 11.3 Å². The first-order valence-electron chi connectivity index (χ1n) is 9.16. The zero-order valence-corrected chi connectivity index (χ0v) is 16.1. The molecule has 3 aromatic rings. The Bertz CT molecular complexity index is 925. The summed E-state index contributed by atoms with van der Waals surface area (Å²) in [5.74, 6) is 0.179. The SMILES string of the molecule is Cc1ccc(-c2ccccc2[C@@H]2CCCN2C(=O)c2sccc2C)cc1. The molecule has 2 aromatic carbocycles. The molecule has 0 unspecified atom stereocenters. The smallest absolute Gasteiger partial charge is 0.264 e. The van der Waals surface area contributed by atoms with Crippen LogP contribution in [0.3, 0.4) is 0 Å². The minimum Gasteiger partial charge on any atom is -0.331 e. The van der Waals surface area contributed by atoms with Gasteiger partial charge in [0, 0.05) is 6.54 Å². The Morgan fingerprint density at radius 1 is 1.04 bits per heavy atom. The predicted octanol–water partition coefficient (Wildman–Crippen LogP) is 6.01. The molecule has 0 radical (unpaired) electrons. The number of amides is 1. The van der Waals surface area contributed by atoms with Gasteiger partial charge in [-0.05, 0) is 60.4 Å². The molecule has 0 saturated carbocycles. The zero-order chi connectivity index (χ0) is 18.1. The predicted molar refractivity (Wildman–Crippen MR) is 109 cm³/mol. The molecule has 1 atom stereocenters. The fraction of sp³-hybridized carbons (Fsp3) is 0.261. The Labute approximate surface area is 159 Å². The van der Waals surface area contributed by atoms with Crippen LogP contribution in [-0.4, -0.2) is 17.4 Å². The highest BCUT2D eigenvalue weighted by Crippen LogP contribution is 2.39. The van der Waals surface area contributed by atoms with Gasteiger partial charge in [-0.3, -0.25) is 4.79 Å². The Kier molecular flexibility index (Phi) is 4.64. The summed E-state index contributed by atoms with van der Waals surface area (Å²) in [5, 5.41) is 2.01. The van der Waals surface area contributed by atoms with Gasteiger partial charge >= 0.3 is 0 Å². The number of hydrogen-bond donors (Lipinski definition) is 0. The first kappa shape index (κ1) is 17.0. The van der Waals surface area contributed by atoms with Gasteiger partial charge in [-0.25, -0.2) is 0 Å². The summed E-state index contributed by atoms with van der Waals surface area (Å²) in [4.78, 5) is 16.1. The van der Waals surface area contributed by atoms with Crippen LogP contribution in [-0.2, 0) is 0 Å². The monoisotopic (exact) mass is 361 g/mol. The third-order valence-corrected chi connectivity index (χ3v) is 6.26. The van der Waals surface area contributed by atoms with E-state index in [1.165, 1.54) is 22.3 Å². The van der Waals surface area contributed by atoms with E-state index in [0.29, 0.717) is 0 Å². The van der Waals surface area contributed by atoms with Crippen molar-refractivity contribution in [2.24, 2.45) is 0 Å². The summed E-state index contributed by atoms with van der Waals surface area (Å²) in [6, 6.07) is 19.4. The van der Waals surface area contributed by atoms with Gasteiger partial charge in [-0.1, -0.05) is 54.1 Å². The molecule has 1 aliphatic rings. The largest absolute Gasteiger partial charge is 0.331 e. The van der Waals surface area contributed by atoms with Crippen molar-refractivity contribution in [3.8, 4) is 11.1 Å². The van der Waals surface area contributed by atoms with Crippen molar-refractivity contribution in [2.45, 2.75) is 32.7 Å². The molecular weight excluding hydrogens is 338 g/mol. The van der Waals surface area contributed by atoms with Crippen LogP contribution in [0.5, 0.6) is 0 Å². The molecule has 1 aromatic heterocycles. The maximum Gasteiger partial charge on any atom is 0.264 e. The molecule has 2 heterocycles. The first-order valence-corrected chi connectivity index (χ1v) is 10.0. The lowest BCUT2D eigenvalue weighted by atomic mass is 9.93. The number of benzene rings is 2. The number of hydrogen-bond acceptors (Lipinski definition) is 2. The number of carbonyl (C=O) groups excluding carboxylic acids is 1. The normalized spacial score (nSPS) is 16.8. The van der Waals surface area contributed by atoms with E-state index in [0.717, 1.165) is 29.8 Å². The quantitative estimate of drug-likeness (QED) is 0.559. The Morgan fingerprint density at radius 3 is 2.54 bits per heavy atom. The number of likely N-dealkylation sites (tertiary alicyclic amines) is 1. The van der Waals surface area contributed by atoms with E-state index in [2.05, 4.69) is 60.4 Å². The van der Waals surface area contributed by atoms with E-state index in [4.69, 9.17) is 0 Å². The Hall–Kier alpha value is -2.39. The Balaban J connectivity index is 1.72. The number of nitrogens with zero attached hydrogens (tertiary/aromatic N) is 1. The molecule has 1 fully saturated rings. The molecule has 4 rings (SSSR count). The fourth-order valence-corrected chi connectivity index (χ4v) is 4.72. The van der Waals surface area contributed by atoms with Crippen LogP contribution >= 0.6 is 11.3 Å². The van der Waals surface area contributed by atoms with Gasteiger partial charge in [-0.15, -0.1) is 11.3 Å². The molecule has 1 aliphatic heterocycles. The van der Waals surface area contributed by atoms with Gasteiger partial charge in [0.05, 0.1) is 10.9 Å². The van der Waals surface area contributed by atoms with Crippen LogP contribution in [0.15, 0.2) is 60.0 Å². The van der Waals surface area contributed by atoms with Crippen LogP contribution in [0.25, 0.3) is 11.1 Å². The highest BCUT2D eigenvalue weighted by molar-refractivity contribution is 7.12. The molecule has 1 amide bonds. The molecule has 0 N–H and O–H groups in total. The zero-order valence-electron chi connectivity index (χ0n) is 15.2. The van der Waals surface area contributed by atoms with Gasteiger partial charge in [0.2, 0.25) is 0 Å². The summed E-state index contributed by atoms with van der Waals surface area (Å²) in [7, 11) is 0. The summed E-state index contributed by atoms with van der Waals surface area (Å²) in [6.45, 7) is 4.97. The van der Waals surface area contributed by atoms with Gasteiger partial charge in [-0.2, -0.15) is 0 Å². The fourth-order valence-electron chi connectivity index (χ4n) is 3.84. The summed E-state index contributed by atoms with van der Waals surface area (Å²) in [5.41, 5.74) is 6.06. The molecule has 26 heavy (non-hydrogen) atoms. The lowest BCUT2D eigenvalue weighted by Gasteiger charge is -2.27. The van der Waals surface area contributed by atoms with Gasteiger partial charge in [0.15, 0.2) is 0 Å². The van der Waals surface area contributed by atoms with Crippen molar-refractivity contribution in [3.05, 3.63) is 81.5 Å².